The standard InChI is InChI=1S/C24H14NOS.C14H16GeN.Ir/c1-14-9-10-16-17-6-4-7-18(24(17)27-23(16)11-14)20-12-22-19(13-25-20)15-5-2-3-8-21(15)26-22;1-15(2,3)13-9-10-14(16-11-13)12-7-5-4-6-8-12;/h2-6,8-13H,1H3;4-7,9-11H,1-3H3;/q2*-1;. The number of nitrogens with zero attached hydrogens (tertiary/aromatic N) is 2. The fourth-order valence-corrected chi connectivity index (χ4v) is 8.82. The molecule has 4 aromatic carbocycles. The second kappa shape index (κ2) is 12.4. The van der Waals surface area contributed by atoms with E-state index in [2.05, 4.69) is 83.8 Å². The molecule has 0 aliphatic rings. The first-order valence-corrected chi connectivity index (χ1v) is 22.6. The van der Waals surface area contributed by atoms with Crippen LogP contribution in [0.1, 0.15) is 5.56 Å². The second-order valence-corrected chi connectivity index (χ2v) is 23.5. The summed E-state index contributed by atoms with van der Waals surface area (Å²) in [5, 5.41) is 4.70. The van der Waals surface area contributed by atoms with E-state index in [9.17, 15) is 0 Å². The summed E-state index contributed by atoms with van der Waals surface area (Å²) in [7, 11) is 0. The molecular weight excluding hydrogens is 797 g/mol. The van der Waals surface area contributed by atoms with Gasteiger partial charge in [-0.25, -0.2) is 0 Å². The van der Waals surface area contributed by atoms with Crippen molar-refractivity contribution in [2.24, 2.45) is 0 Å². The van der Waals surface area contributed by atoms with Gasteiger partial charge in [0.1, 0.15) is 11.2 Å². The first-order valence-electron chi connectivity index (χ1n) is 14.4. The van der Waals surface area contributed by atoms with Gasteiger partial charge in [0, 0.05) is 41.8 Å². The molecule has 0 spiro atoms. The molecule has 0 aliphatic heterocycles. The second-order valence-electron chi connectivity index (χ2n) is 11.8. The Labute approximate surface area is 277 Å². The average Bonchev–Trinajstić information content (AvgIpc) is 3.58. The number of hydrogen-bond donors (Lipinski definition) is 0. The molecule has 219 valence electrons. The van der Waals surface area contributed by atoms with Crippen molar-refractivity contribution in [2.75, 3.05) is 0 Å². The van der Waals surface area contributed by atoms with E-state index in [-0.39, 0.29) is 20.1 Å². The molecule has 0 bridgehead atoms. The molecule has 0 unspecified atom stereocenters. The van der Waals surface area contributed by atoms with Crippen molar-refractivity contribution >= 4 is 71.1 Å². The third-order valence-corrected chi connectivity index (χ3v) is 13.2. The van der Waals surface area contributed by atoms with Crippen LogP contribution in [0.2, 0.25) is 17.3 Å². The summed E-state index contributed by atoms with van der Waals surface area (Å²) in [6, 6.07) is 39.8. The zero-order valence-electron chi connectivity index (χ0n) is 24.9. The zero-order valence-corrected chi connectivity index (χ0v) is 30.2. The van der Waals surface area contributed by atoms with E-state index in [1.807, 2.05) is 67.0 Å². The van der Waals surface area contributed by atoms with Gasteiger partial charge < -0.3 is 9.40 Å². The number of aromatic nitrogens is 2. The van der Waals surface area contributed by atoms with Gasteiger partial charge in [0.05, 0.1) is 0 Å². The molecule has 3 nitrogen and oxygen atoms in total. The van der Waals surface area contributed by atoms with E-state index < -0.39 is 13.3 Å². The number of thiophene rings is 1. The Morgan fingerprint density at radius 3 is 2.27 bits per heavy atom. The SMILES string of the molecule is Cc1ccc2c(c1)sc1c(-c3cc4oc5ccccc5c4cn3)[c-]ccc12.[CH3][Ge]([CH3])([CH3])[c]1ccc(-c2[c-]cccc2)nc1.[Ir]. The van der Waals surface area contributed by atoms with Gasteiger partial charge in [-0.1, -0.05) is 35.7 Å². The fraction of sp³-hybridized carbons (Fsp3) is 0.105. The van der Waals surface area contributed by atoms with Crippen LogP contribution < -0.4 is 4.40 Å². The third kappa shape index (κ3) is 5.90. The van der Waals surface area contributed by atoms with Gasteiger partial charge in [0.2, 0.25) is 0 Å². The summed E-state index contributed by atoms with van der Waals surface area (Å²) >= 11 is 0.0900. The van der Waals surface area contributed by atoms with Crippen LogP contribution in [0, 0.1) is 19.1 Å². The molecule has 0 amide bonds. The topological polar surface area (TPSA) is 38.9 Å². The predicted octanol–water partition coefficient (Wildman–Crippen LogP) is 10.2. The van der Waals surface area contributed by atoms with E-state index in [1.54, 1.807) is 11.3 Å². The Morgan fingerprint density at radius 2 is 1.50 bits per heavy atom. The third-order valence-electron chi connectivity index (χ3n) is 7.72. The van der Waals surface area contributed by atoms with Crippen LogP contribution >= 0.6 is 11.3 Å². The molecule has 0 saturated heterocycles. The summed E-state index contributed by atoms with van der Waals surface area (Å²) in [5.74, 6) is 7.14. The maximum absolute atomic E-state index is 6.05. The summed E-state index contributed by atoms with van der Waals surface area (Å²) < 4.78 is 10.0. The zero-order chi connectivity index (χ0) is 29.6. The van der Waals surface area contributed by atoms with Crippen LogP contribution in [-0.4, -0.2) is 23.2 Å². The van der Waals surface area contributed by atoms with E-state index >= 15 is 0 Å². The quantitative estimate of drug-likeness (QED) is 0.132. The normalized spacial score (nSPS) is 11.5. The molecule has 8 aromatic rings. The molecule has 6 heteroatoms. The Balaban J connectivity index is 0.000000174. The maximum Gasteiger partial charge on any atom is 0 e. The Kier molecular flexibility index (Phi) is 8.58. The van der Waals surface area contributed by atoms with Crippen LogP contribution in [0.3, 0.4) is 0 Å². The molecule has 0 fully saturated rings. The van der Waals surface area contributed by atoms with E-state index in [4.69, 9.17) is 9.40 Å². The summed E-state index contributed by atoms with van der Waals surface area (Å²) in [5.41, 5.74) is 7.05. The van der Waals surface area contributed by atoms with Gasteiger partial charge in [-0.05, 0) is 46.5 Å². The van der Waals surface area contributed by atoms with Crippen LogP contribution in [0.15, 0.2) is 114 Å². The predicted molar refractivity (Wildman–Crippen MR) is 185 cm³/mol. The van der Waals surface area contributed by atoms with Gasteiger partial charge in [-0.2, -0.15) is 11.3 Å². The first-order chi connectivity index (χ1) is 20.8. The number of pyridine rings is 2. The number of hydrogen-bond acceptors (Lipinski definition) is 4. The number of fused-ring (bicyclic) bond motifs is 6. The molecule has 0 aliphatic carbocycles. The average molecular weight is 828 g/mol. The van der Waals surface area contributed by atoms with Crippen LogP contribution in [-0.2, 0) is 20.1 Å². The molecule has 1 radical (unpaired) electrons. The van der Waals surface area contributed by atoms with Gasteiger partial charge >= 0.3 is 99.8 Å². The molecule has 8 rings (SSSR count). The maximum atomic E-state index is 6.05. The van der Waals surface area contributed by atoms with Gasteiger partial charge in [0.25, 0.3) is 0 Å². The number of aryl methyl sites for hydroxylation is 1. The van der Waals surface area contributed by atoms with Crippen molar-refractivity contribution in [1.82, 2.24) is 9.97 Å². The van der Waals surface area contributed by atoms with Gasteiger partial charge in [0.15, 0.2) is 0 Å². The molecule has 0 atom stereocenters. The molecule has 4 heterocycles. The summed E-state index contributed by atoms with van der Waals surface area (Å²) in [6.45, 7) is 2.13. The van der Waals surface area contributed by atoms with Crippen molar-refractivity contribution in [2.45, 2.75) is 24.2 Å². The Bertz CT molecular complexity index is 2230. The van der Waals surface area contributed by atoms with Crippen molar-refractivity contribution in [3.05, 3.63) is 127 Å². The van der Waals surface area contributed by atoms with Crippen molar-refractivity contribution in [3.63, 3.8) is 0 Å². The van der Waals surface area contributed by atoms with Crippen LogP contribution in [0.5, 0.6) is 0 Å². The smallest absolute Gasteiger partial charge is 0 e. The molecule has 0 N–H and O–H groups in total. The summed E-state index contributed by atoms with van der Waals surface area (Å²) in [4.78, 5) is 9.28. The minimum atomic E-state index is -1.72. The fourth-order valence-electron chi connectivity index (χ4n) is 5.35. The van der Waals surface area contributed by atoms with Crippen molar-refractivity contribution in [1.29, 1.82) is 0 Å². The van der Waals surface area contributed by atoms with Crippen molar-refractivity contribution in [3.8, 4) is 22.5 Å². The Morgan fingerprint density at radius 1 is 0.682 bits per heavy atom. The van der Waals surface area contributed by atoms with Gasteiger partial charge in [-0.15, -0.1) is 23.8 Å². The minimum Gasteiger partial charge on any atom is 0 e. The van der Waals surface area contributed by atoms with Crippen LogP contribution in [0.25, 0.3) is 64.6 Å². The molecular formula is C38H30GeIrN2OS-2. The van der Waals surface area contributed by atoms with Gasteiger partial charge in [-0.3, -0.25) is 0 Å². The number of furan rings is 1. The number of rotatable bonds is 3. The minimum absolute atomic E-state index is 0. The van der Waals surface area contributed by atoms with E-state index in [1.165, 1.54) is 30.1 Å². The van der Waals surface area contributed by atoms with E-state index in [0.29, 0.717) is 0 Å². The monoisotopic (exact) mass is 829 g/mol. The molecule has 4 aromatic heterocycles. The summed E-state index contributed by atoms with van der Waals surface area (Å²) in [6.07, 6.45) is 3.96. The van der Waals surface area contributed by atoms with Crippen LogP contribution in [0.4, 0.5) is 0 Å². The van der Waals surface area contributed by atoms with Crippen molar-refractivity contribution < 1.29 is 24.5 Å². The van der Waals surface area contributed by atoms with E-state index in [0.717, 1.165) is 44.5 Å². The first kappa shape index (κ1) is 30.4. The number of benzene rings is 4. The molecule has 0 saturated carbocycles. The Hall–Kier alpha value is -3.61. The molecule has 44 heavy (non-hydrogen) atoms. The number of para-hydroxylation sites is 1. The largest absolute Gasteiger partial charge is 0 e.